The summed E-state index contributed by atoms with van der Waals surface area (Å²) in [5.41, 5.74) is 2.74. The summed E-state index contributed by atoms with van der Waals surface area (Å²) in [7, 11) is -3.91. The molecule has 0 saturated carbocycles. The van der Waals surface area contributed by atoms with Crippen LogP contribution >= 0.6 is 11.3 Å². The van der Waals surface area contributed by atoms with E-state index in [1.54, 1.807) is 30.5 Å². The van der Waals surface area contributed by atoms with Gasteiger partial charge in [0, 0.05) is 10.9 Å². The Morgan fingerprint density at radius 3 is 2.38 bits per heavy atom. The van der Waals surface area contributed by atoms with E-state index in [4.69, 9.17) is 9.15 Å². The Morgan fingerprint density at radius 1 is 1.00 bits per heavy atom. The number of benzene rings is 2. The highest BCUT2D eigenvalue weighted by Gasteiger charge is 2.26. The molecule has 9 heteroatoms. The summed E-state index contributed by atoms with van der Waals surface area (Å²) in [5, 5.41) is 4.36. The van der Waals surface area contributed by atoms with Crippen LogP contribution in [0.4, 0.5) is 5.00 Å². The molecule has 2 heterocycles. The van der Waals surface area contributed by atoms with Crippen LogP contribution in [0.3, 0.4) is 0 Å². The van der Waals surface area contributed by atoms with Gasteiger partial charge in [0.1, 0.15) is 10.6 Å². The molecule has 7 nitrogen and oxygen atoms in total. The van der Waals surface area contributed by atoms with Gasteiger partial charge in [-0.25, -0.2) is 13.2 Å². The summed E-state index contributed by atoms with van der Waals surface area (Å²) in [6.07, 6.45) is 0. The molecule has 0 radical (unpaired) electrons. The van der Waals surface area contributed by atoms with Crippen molar-refractivity contribution in [1.82, 2.24) is 0 Å². The number of sulfone groups is 1. The van der Waals surface area contributed by atoms with Gasteiger partial charge in [-0.2, -0.15) is 0 Å². The standard InChI is InChI=1S/C25H21NO6S2/c1-3-31-25(28)22-19(17-11-9-16(2)10-12-17)15-33-24(22)26-23(27)20-13-14-21(32-20)34(29,30)18-7-5-4-6-8-18/h4-15H,3H2,1-2H3,(H,26,27). The minimum Gasteiger partial charge on any atom is -0.462 e. The van der Waals surface area contributed by atoms with Crippen LogP contribution in [0.2, 0.25) is 0 Å². The molecule has 0 unspecified atom stereocenters. The summed E-state index contributed by atoms with van der Waals surface area (Å²) in [5.74, 6) is -1.45. The maximum Gasteiger partial charge on any atom is 0.341 e. The minimum absolute atomic E-state index is 0.0573. The monoisotopic (exact) mass is 495 g/mol. The van der Waals surface area contributed by atoms with Crippen molar-refractivity contribution in [2.45, 2.75) is 23.8 Å². The maximum absolute atomic E-state index is 12.9. The van der Waals surface area contributed by atoms with E-state index in [1.165, 1.54) is 35.6 Å². The molecule has 1 amide bonds. The average Bonchev–Trinajstić information content (AvgIpc) is 3.49. The molecular formula is C25H21NO6S2. The number of furan rings is 1. The Bertz CT molecular complexity index is 1430. The molecule has 1 N–H and O–H groups in total. The van der Waals surface area contributed by atoms with Crippen molar-refractivity contribution in [2.75, 3.05) is 11.9 Å². The van der Waals surface area contributed by atoms with Crippen LogP contribution in [0.25, 0.3) is 11.1 Å². The number of aryl methyl sites for hydroxylation is 1. The highest BCUT2D eigenvalue weighted by atomic mass is 32.2. The molecule has 174 valence electrons. The Morgan fingerprint density at radius 2 is 1.71 bits per heavy atom. The molecule has 0 saturated heterocycles. The molecule has 0 aliphatic rings. The van der Waals surface area contributed by atoms with E-state index in [0.29, 0.717) is 5.56 Å². The average molecular weight is 496 g/mol. The summed E-state index contributed by atoms with van der Waals surface area (Å²) >= 11 is 1.17. The van der Waals surface area contributed by atoms with Crippen molar-refractivity contribution in [3.05, 3.63) is 89.0 Å². The van der Waals surface area contributed by atoms with Crippen LogP contribution in [0, 0.1) is 6.92 Å². The van der Waals surface area contributed by atoms with Gasteiger partial charge in [0.2, 0.25) is 14.9 Å². The number of carbonyl (C=O) groups is 2. The fraction of sp³-hybridized carbons (Fsp3) is 0.120. The van der Waals surface area contributed by atoms with E-state index >= 15 is 0 Å². The quantitative estimate of drug-likeness (QED) is 0.336. The minimum atomic E-state index is -3.91. The molecule has 34 heavy (non-hydrogen) atoms. The van der Waals surface area contributed by atoms with Gasteiger partial charge in [0.25, 0.3) is 5.91 Å². The number of anilines is 1. The Kier molecular flexibility index (Phi) is 6.67. The zero-order chi connectivity index (χ0) is 24.3. The van der Waals surface area contributed by atoms with E-state index in [9.17, 15) is 18.0 Å². The van der Waals surface area contributed by atoms with E-state index in [2.05, 4.69) is 5.32 Å². The van der Waals surface area contributed by atoms with Crippen molar-refractivity contribution < 1.29 is 27.2 Å². The lowest BCUT2D eigenvalue weighted by molar-refractivity contribution is 0.0529. The van der Waals surface area contributed by atoms with Crippen LogP contribution in [-0.2, 0) is 14.6 Å². The molecule has 0 atom stereocenters. The van der Waals surface area contributed by atoms with E-state index in [-0.39, 0.29) is 32.9 Å². The van der Waals surface area contributed by atoms with Crippen LogP contribution in [0.15, 0.2) is 86.5 Å². The third-order valence-corrected chi connectivity index (χ3v) is 7.52. The molecule has 2 aromatic carbocycles. The highest BCUT2D eigenvalue weighted by molar-refractivity contribution is 7.91. The number of carbonyl (C=O) groups excluding carboxylic acids is 2. The summed E-state index contributed by atoms with van der Waals surface area (Å²) in [6.45, 7) is 3.84. The molecule has 4 aromatic rings. The van der Waals surface area contributed by atoms with Gasteiger partial charge in [-0.05, 0) is 43.7 Å². The molecule has 0 spiro atoms. The highest BCUT2D eigenvalue weighted by Crippen LogP contribution is 2.37. The number of nitrogens with one attached hydrogen (secondary N) is 1. The second-order valence-corrected chi connectivity index (χ2v) is 10.1. The lowest BCUT2D eigenvalue weighted by Gasteiger charge is -2.08. The fourth-order valence-corrected chi connectivity index (χ4v) is 5.42. The van der Waals surface area contributed by atoms with Crippen molar-refractivity contribution in [3.63, 3.8) is 0 Å². The first-order valence-electron chi connectivity index (χ1n) is 10.4. The fourth-order valence-electron chi connectivity index (χ4n) is 3.27. The smallest absolute Gasteiger partial charge is 0.341 e. The lowest BCUT2D eigenvalue weighted by Crippen LogP contribution is -2.14. The first-order valence-corrected chi connectivity index (χ1v) is 12.7. The number of hydrogen-bond donors (Lipinski definition) is 1. The summed E-state index contributed by atoms with van der Waals surface area (Å²) in [4.78, 5) is 25.7. The molecule has 0 bridgehead atoms. The molecule has 0 aliphatic heterocycles. The zero-order valence-corrected chi connectivity index (χ0v) is 20.0. The predicted octanol–water partition coefficient (Wildman–Crippen LogP) is 5.58. The van der Waals surface area contributed by atoms with Gasteiger partial charge in [-0.15, -0.1) is 11.3 Å². The van der Waals surface area contributed by atoms with Crippen LogP contribution in [0.1, 0.15) is 33.4 Å². The largest absolute Gasteiger partial charge is 0.462 e. The number of hydrogen-bond acceptors (Lipinski definition) is 7. The molecule has 0 aliphatic carbocycles. The van der Waals surface area contributed by atoms with Gasteiger partial charge < -0.3 is 14.5 Å². The van der Waals surface area contributed by atoms with Gasteiger partial charge in [-0.3, -0.25) is 4.79 Å². The Hall–Kier alpha value is -3.69. The molecule has 4 rings (SSSR count). The lowest BCUT2D eigenvalue weighted by atomic mass is 10.0. The van der Waals surface area contributed by atoms with E-state index in [0.717, 1.165) is 11.1 Å². The van der Waals surface area contributed by atoms with Crippen LogP contribution < -0.4 is 5.32 Å². The topological polar surface area (TPSA) is 103 Å². The first-order chi connectivity index (χ1) is 16.3. The van der Waals surface area contributed by atoms with Crippen molar-refractivity contribution in [2.24, 2.45) is 0 Å². The number of amides is 1. The van der Waals surface area contributed by atoms with Crippen LogP contribution in [-0.4, -0.2) is 26.9 Å². The number of ether oxygens (including phenoxy) is 1. The number of rotatable bonds is 7. The van der Waals surface area contributed by atoms with Gasteiger partial charge in [0.15, 0.2) is 5.76 Å². The molecular weight excluding hydrogens is 474 g/mol. The Labute approximate surface area is 200 Å². The van der Waals surface area contributed by atoms with Gasteiger partial charge in [-0.1, -0.05) is 48.0 Å². The normalized spacial score (nSPS) is 11.2. The maximum atomic E-state index is 12.9. The van der Waals surface area contributed by atoms with E-state index in [1.807, 2.05) is 31.2 Å². The number of thiophene rings is 1. The van der Waals surface area contributed by atoms with Gasteiger partial charge in [0.05, 0.1) is 11.5 Å². The zero-order valence-electron chi connectivity index (χ0n) is 18.4. The SMILES string of the molecule is CCOC(=O)c1c(-c2ccc(C)cc2)csc1NC(=O)c1ccc(S(=O)(=O)c2ccccc2)o1. The second-order valence-electron chi connectivity index (χ2n) is 7.33. The predicted molar refractivity (Wildman–Crippen MR) is 129 cm³/mol. The Balaban J connectivity index is 1.64. The summed E-state index contributed by atoms with van der Waals surface area (Å²) < 4.78 is 36.1. The number of esters is 1. The van der Waals surface area contributed by atoms with Crippen molar-refractivity contribution in [1.29, 1.82) is 0 Å². The third-order valence-electron chi connectivity index (χ3n) is 4.98. The summed E-state index contributed by atoms with van der Waals surface area (Å²) in [6, 6.07) is 17.9. The van der Waals surface area contributed by atoms with Crippen molar-refractivity contribution >= 4 is 38.1 Å². The van der Waals surface area contributed by atoms with Crippen LogP contribution in [0.5, 0.6) is 0 Å². The molecule has 2 aromatic heterocycles. The van der Waals surface area contributed by atoms with E-state index < -0.39 is 21.7 Å². The van der Waals surface area contributed by atoms with Crippen molar-refractivity contribution in [3.8, 4) is 11.1 Å². The second kappa shape index (κ2) is 9.66. The molecule has 0 fully saturated rings. The first kappa shape index (κ1) is 23.5. The van der Waals surface area contributed by atoms with Gasteiger partial charge >= 0.3 is 5.97 Å². The third kappa shape index (κ3) is 4.66.